The average Bonchev–Trinajstić information content (AvgIpc) is 3.17. The van der Waals surface area contributed by atoms with Crippen LogP contribution in [0.25, 0.3) is 0 Å². The van der Waals surface area contributed by atoms with Crippen molar-refractivity contribution in [1.29, 1.82) is 0 Å². The number of carbonyl (C=O) groups excluding carboxylic acids is 1. The Bertz CT molecular complexity index is 811. The molecule has 2 aliphatic rings. The molecule has 162 valence electrons. The smallest absolute Gasteiger partial charge is 0.321 e. The van der Waals surface area contributed by atoms with Gasteiger partial charge in [-0.15, -0.1) is 0 Å². The number of likely N-dealkylation sites (tertiary alicyclic amines) is 1. The van der Waals surface area contributed by atoms with Crippen LogP contribution in [0.2, 0.25) is 0 Å². The molecule has 1 heterocycles. The number of ether oxygens (including phenoxy) is 1. The molecule has 2 N–H and O–H groups in total. The van der Waals surface area contributed by atoms with Gasteiger partial charge in [0.25, 0.3) is 0 Å². The third kappa shape index (κ3) is 5.85. The van der Waals surface area contributed by atoms with E-state index in [1.807, 2.05) is 25.1 Å². The number of amides is 2. The molecule has 0 aromatic heterocycles. The van der Waals surface area contributed by atoms with E-state index in [0.29, 0.717) is 32.0 Å². The Morgan fingerprint density at radius 1 is 1.14 bits per heavy atom. The minimum Gasteiger partial charge on any atom is -0.490 e. The summed E-state index contributed by atoms with van der Waals surface area (Å²) in [7, 11) is -3.28. The molecule has 29 heavy (non-hydrogen) atoms. The quantitative estimate of drug-likeness (QED) is 0.731. The third-order valence-corrected chi connectivity index (χ3v) is 7.68. The molecule has 2 amide bonds. The maximum atomic E-state index is 12.6. The van der Waals surface area contributed by atoms with E-state index in [4.69, 9.17) is 4.74 Å². The van der Waals surface area contributed by atoms with Crippen molar-refractivity contribution in [2.24, 2.45) is 0 Å². The Hall–Kier alpha value is -1.80. The first-order valence-electron chi connectivity index (χ1n) is 10.6. The molecule has 1 aromatic rings. The first-order valence-corrected chi connectivity index (χ1v) is 12.1. The van der Waals surface area contributed by atoms with E-state index < -0.39 is 15.3 Å². The highest BCUT2D eigenvalue weighted by atomic mass is 32.2. The molecule has 1 aliphatic carbocycles. The highest BCUT2D eigenvalue weighted by Crippen LogP contribution is 2.27. The number of anilines is 1. The number of benzene rings is 1. The fraction of sp³-hybridized carbons (Fsp3) is 0.667. The summed E-state index contributed by atoms with van der Waals surface area (Å²) >= 11 is 0. The van der Waals surface area contributed by atoms with Crippen LogP contribution in [0.1, 0.15) is 57.9 Å². The van der Waals surface area contributed by atoms with Gasteiger partial charge in [-0.3, -0.25) is 0 Å². The zero-order valence-corrected chi connectivity index (χ0v) is 18.4. The fourth-order valence-corrected chi connectivity index (χ4v) is 4.78. The van der Waals surface area contributed by atoms with E-state index in [-0.39, 0.29) is 12.1 Å². The number of aryl methyl sites for hydroxylation is 1. The predicted molar refractivity (Wildman–Crippen MR) is 115 cm³/mol. The zero-order valence-electron chi connectivity index (χ0n) is 17.6. The van der Waals surface area contributed by atoms with Gasteiger partial charge in [0.2, 0.25) is 10.0 Å². The number of hydrogen-bond donors (Lipinski definition) is 2. The summed E-state index contributed by atoms with van der Waals surface area (Å²) in [5.74, 6) is 0.852. The lowest BCUT2D eigenvalue weighted by Gasteiger charge is -2.32. The Morgan fingerprint density at radius 2 is 1.79 bits per heavy atom. The van der Waals surface area contributed by atoms with E-state index in [1.165, 1.54) is 12.8 Å². The fourth-order valence-electron chi connectivity index (χ4n) is 3.81. The number of nitrogens with one attached hydrogen (secondary N) is 2. The summed E-state index contributed by atoms with van der Waals surface area (Å²) in [6.07, 6.45) is 6.23. The summed E-state index contributed by atoms with van der Waals surface area (Å²) in [5.41, 5.74) is 1.74. The van der Waals surface area contributed by atoms with E-state index in [0.717, 1.165) is 29.8 Å². The van der Waals surface area contributed by atoms with Crippen LogP contribution in [-0.2, 0) is 10.0 Å². The van der Waals surface area contributed by atoms with Crippen molar-refractivity contribution in [3.63, 3.8) is 0 Å². The molecular weight excluding hydrogens is 390 g/mol. The number of hydrogen-bond acceptors (Lipinski definition) is 4. The summed E-state index contributed by atoms with van der Waals surface area (Å²) in [6, 6.07) is 5.51. The monoisotopic (exact) mass is 423 g/mol. The van der Waals surface area contributed by atoms with Gasteiger partial charge in [0, 0.05) is 24.8 Å². The molecule has 1 saturated heterocycles. The topological polar surface area (TPSA) is 87.7 Å². The summed E-state index contributed by atoms with van der Waals surface area (Å²) in [5, 5.41) is 2.52. The van der Waals surface area contributed by atoms with Crippen molar-refractivity contribution in [1.82, 2.24) is 9.62 Å². The van der Waals surface area contributed by atoms with Crippen molar-refractivity contribution < 1.29 is 17.9 Å². The van der Waals surface area contributed by atoms with E-state index >= 15 is 0 Å². The van der Waals surface area contributed by atoms with Crippen molar-refractivity contribution in [3.8, 4) is 5.75 Å². The SMILES string of the molecule is Cc1cc(OC2CCCC2)ccc1NC(=O)N1CCC(NS(=O)(=O)C(C)C)CC1. The van der Waals surface area contributed by atoms with Crippen molar-refractivity contribution in [2.75, 3.05) is 18.4 Å². The number of urea groups is 1. The summed E-state index contributed by atoms with van der Waals surface area (Å²) in [4.78, 5) is 14.4. The van der Waals surface area contributed by atoms with Crippen LogP contribution in [0.3, 0.4) is 0 Å². The van der Waals surface area contributed by atoms with Crippen LogP contribution in [0, 0.1) is 6.92 Å². The number of nitrogens with zero attached hydrogens (tertiary/aromatic N) is 1. The maximum Gasteiger partial charge on any atom is 0.321 e. The second kappa shape index (κ2) is 9.34. The second-order valence-electron chi connectivity index (χ2n) is 8.40. The molecule has 0 unspecified atom stereocenters. The average molecular weight is 424 g/mol. The minimum absolute atomic E-state index is 0.111. The third-order valence-electron chi connectivity index (χ3n) is 5.78. The molecule has 1 saturated carbocycles. The number of rotatable bonds is 6. The summed E-state index contributed by atoms with van der Waals surface area (Å²) in [6.45, 7) is 6.34. The predicted octanol–water partition coefficient (Wildman–Crippen LogP) is 3.64. The Morgan fingerprint density at radius 3 is 2.38 bits per heavy atom. The normalized spacial score (nSPS) is 19.0. The Kier molecular flexibility index (Phi) is 7.05. The zero-order chi connectivity index (χ0) is 21.0. The molecule has 7 nitrogen and oxygen atoms in total. The highest BCUT2D eigenvalue weighted by molar-refractivity contribution is 7.90. The van der Waals surface area contributed by atoms with Crippen LogP contribution in [0.5, 0.6) is 5.75 Å². The van der Waals surface area contributed by atoms with Crippen molar-refractivity contribution >= 4 is 21.7 Å². The van der Waals surface area contributed by atoms with Crippen molar-refractivity contribution in [3.05, 3.63) is 23.8 Å². The van der Waals surface area contributed by atoms with Gasteiger partial charge in [-0.2, -0.15) is 0 Å². The van der Waals surface area contributed by atoms with E-state index in [1.54, 1.807) is 18.7 Å². The molecular formula is C21H33N3O4S. The number of piperidine rings is 1. The van der Waals surface area contributed by atoms with Crippen molar-refractivity contribution in [2.45, 2.75) is 76.7 Å². The van der Waals surface area contributed by atoms with Crippen LogP contribution < -0.4 is 14.8 Å². The molecule has 0 spiro atoms. The van der Waals surface area contributed by atoms with Crippen LogP contribution in [0.15, 0.2) is 18.2 Å². The molecule has 3 rings (SSSR count). The first kappa shape index (κ1) is 21.9. The Labute approximate surface area is 174 Å². The molecule has 2 fully saturated rings. The molecule has 0 atom stereocenters. The van der Waals surface area contributed by atoms with Gasteiger partial charge in [0.05, 0.1) is 11.4 Å². The van der Waals surface area contributed by atoms with Gasteiger partial charge in [0.15, 0.2) is 0 Å². The number of sulfonamides is 1. The first-order chi connectivity index (χ1) is 13.7. The Balaban J connectivity index is 1.50. The van der Waals surface area contributed by atoms with Gasteiger partial charge >= 0.3 is 6.03 Å². The van der Waals surface area contributed by atoms with Gasteiger partial charge in [-0.05, 0) is 83.1 Å². The van der Waals surface area contributed by atoms with Crippen LogP contribution in [0.4, 0.5) is 10.5 Å². The minimum atomic E-state index is -3.28. The van der Waals surface area contributed by atoms with Gasteiger partial charge in [0.1, 0.15) is 5.75 Å². The van der Waals surface area contributed by atoms with Gasteiger partial charge < -0.3 is 15.0 Å². The lowest BCUT2D eigenvalue weighted by atomic mass is 10.1. The lowest BCUT2D eigenvalue weighted by molar-refractivity contribution is 0.193. The standard InChI is InChI=1S/C21H33N3O4S/c1-15(2)29(26,27)23-17-10-12-24(13-11-17)21(25)22-20-9-8-19(14-16(20)3)28-18-6-4-5-7-18/h8-9,14-15,17-18,23H,4-7,10-13H2,1-3H3,(H,22,25). The molecule has 8 heteroatoms. The molecule has 1 aliphatic heterocycles. The van der Waals surface area contributed by atoms with Gasteiger partial charge in [-0.1, -0.05) is 0 Å². The largest absolute Gasteiger partial charge is 0.490 e. The van der Waals surface area contributed by atoms with Crippen LogP contribution in [-0.4, -0.2) is 49.8 Å². The number of carbonyl (C=O) groups is 1. The van der Waals surface area contributed by atoms with E-state index in [9.17, 15) is 13.2 Å². The van der Waals surface area contributed by atoms with Gasteiger partial charge in [-0.25, -0.2) is 17.9 Å². The molecule has 0 radical (unpaired) electrons. The highest BCUT2D eigenvalue weighted by Gasteiger charge is 2.27. The van der Waals surface area contributed by atoms with Crippen LogP contribution >= 0.6 is 0 Å². The molecule has 1 aromatic carbocycles. The molecule has 0 bridgehead atoms. The lowest BCUT2D eigenvalue weighted by Crippen LogP contribution is -2.48. The summed E-state index contributed by atoms with van der Waals surface area (Å²) < 4.78 is 32.8. The second-order valence-corrected chi connectivity index (χ2v) is 10.7. The maximum absolute atomic E-state index is 12.6. The van der Waals surface area contributed by atoms with E-state index in [2.05, 4.69) is 10.0 Å².